The molecule has 0 heterocycles. The highest BCUT2D eigenvalue weighted by atomic mass is 19.1. The maximum Gasteiger partial charge on any atom is 0.307 e. The van der Waals surface area contributed by atoms with Gasteiger partial charge < -0.3 is 5.11 Å². The van der Waals surface area contributed by atoms with Crippen LogP contribution in [0.5, 0.6) is 0 Å². The lowest BCUT2D eigenvalue weighted by Gasteiger charge is -2.19. The zero-order valence-electron chi connectivity index (χ0n) is 16.8. The summed E-state index contributed by atoms with van der Waals surface area (Å²) in [4.78, 5) is 11.0. The van der Waals surface area contributed by atoms with E-state index in [1.54, 1.807) is 6.07 Å². The molecule has 0 amide bonds. The molecule has 3 aromatic carbocycles. The highest BCUT2D eigenvalue weighted by molar-refractivity contribution is 5.86. The van der Waals surface area contributed by atoms with E-state index in [4.69, 9.17) is 5.11 Å². The molecule has 0 radical (unpaired) electrons. The number of aliphatic carboxylic acids is 1. The van der Waals surface area contributed by atoms with E-state index in [2.05, 4.69) is 19.1 Å². The fourth-order valence-electron chi connectivity index (χ4n) is 5.07. The normalized spacial score (nSPS) is 20.1. The summed E-state index contributed by atoms with van der Waals surface area (Å²) < 4.78 is 14.1. The molecule has 2 unspecified atom stereocenters. The predicted octanol–water partition coefficient (Wildman–Crippen LogP) is 6.68. The van der Waals surface area contributed by atoms with Crippen molar-refractivity contribution in [3.8, 4) is 0 Å². The van der Waals surface area contributed by atoms with Gasteiger partial charge in [0.1, 0.15) is 5.82 Å². The second-order valence-electron chi connectivity index (χ2n) is 8.51. The zero-order valence-corrected chi connectivity index (χ0v) is 16.8. The molecule has 150 valence electrons. The van der Waals surface area contributed by atoms with Crippen molar-refractivity contribution in [2.45, 2.75) is 50.9 Å². The smallest absolute Gasteiger partial charge is 0.307 e. The molecule has 3 heteroatoms. The number of hydrogen-bond acceptors (Lipinski definition) is 1. The molecule has 3 atom stereocenters. The molecule has 1 saturated carbocycles. The van der Waals surface area contributed by atoms with Crippen molar-refractivity contribution in [2.75, 3.05) is 0 Å². The summed E-state index contributed by atoms with van der Waals surface area (Å²) >= 11 is 0. The lowest BCUT2D eigenvalue weighted by molar-refractivity contribution is -0.136. The van der Waals surface area contributed by atoms with Crippen LogP contribution in [0.2, 0.25) is 0 Å². The van der Waals surface area contributed by atoms with Gasteiger partial charge in [0, 0.05) is 5.39 Å². The Morgan fingerprint density at radius 3 is 2.66 bits per heavy atom. The molecule has 1 N–H and O–H groups in total. The van der Waals surface area contributed by atoms with E-state index >= 15 is 0 Å². The average Bonchev–Trinajstić information content (AvgIpc) is 3.16. The third-order valence-electron chi connectivity index (χ3n) is 6.44. The van der Waals surface area contributed by atoms with Crippen LogP contribution in [0.25, 0.3) is 10.8 Å². The topological polar surface area (TPSA) is 37.3 Å². The van der Waals surface area contributed by atoms with Gasteiger partial charge in [-0.3, -0.25) is 4.79 Å². The number of halogens is 1. The first-order valence-corrected chi connectivity index (χ1v) is 10.5. The van der Waals surface area contributed by atoms with E-state index in [9.17, 15) is 9.18 Å². The molecule has 29 heavy (non-hydrogen) atoms. The van der Waals surface area contributed by atoms with Crippen LogP contribution in [0.15, 0.2) is 60.7 Å². The van der Waals surface area contributed by atoms with Crippen molar-refractivity contribution in [2.24, 2.45) is 5.92 Å². The minimum absolute atomic E-state index is 0.0820. The number of rotatable bonds is 6. The molecule has 0 aliphatic heterocycles. The van der Waals surface area contributed by atoms with Gasteiger partial charge in [-0.25, -0.2) is 4.39 Å². The fraction of sp³-hybridized carbons (Fsp3) is 0.346. The van der Waals surface area contributed by atoms with E-state index < -0.39 is 5.97 Å². The number of hydrogen-bond donors (Lipinski definition) is 1. The van der Waals surface area contributed by atoms with E-state index in [1.165, 1.54) is 17.5 Å². The van der Waals surface area contributed by atoms with Crippen LogP contribution in [0.1, 0.15) is 61.1 Å². The number of carbonyl (C=O) groups is 1. The molecule has 2 nitrogen and oxygen atoms in total. The van der Waals surface area contributed by atoms with Crippen molar-refractivity contribution in [3.63, 3.8) is 0 Å². The van der Waals surface area contributed by atoms with Gasteiger partial charge >= 0.3 is 5.97 Å². The molecule has 3 aromatic rings. The number of benzene rings is 3. The van der Waals surface area contributed by atoms with Gasteiger partial charge in [-0.2, -0.15) is 0 Å². The summed E-state index contributed by atoms with van der Waals surface area (Å²) in [6.45, 7) is 2.25. The fourth-order valence-corrected chi connectivity index (χ4v) is 5.07. The van der Waals surface area contributed by atoms with Crippen LogP contribution in [0, 0.1) is 11.7 Å². The molecule has 0 aromatic heterocycles. The largest absolute Gasteiger partial charge is 0.481 e. The second kappa shape index (κ2) is 8.36. The summed E-state index contributed by atoms with van der Waals surface area (Å²) in [6.07, 6.45) is 4.66. The predicted molar refractivity (Wildman–Crippen MR) is 115 cm³/mol. The van der Waals surface area contributed by atoms with Gasteiger partial charge in [0.05, 0.1) is 6.42 Å². The van der Waals surface area contributed by atoms with Crippen LogP contribution >= 0.6 is 0 Å². The maximum absolute atomic E-state index is 14.1. The first-order chi connectivity index (χ1) is 14.0. The molecule has 0 spiro atoms. The Morgan fingerprint density at radius 2 is 1.86 bits per heavy atom. The Hall–Kier alpha value is -2.68. The lowest BCUT2D eigenvalue weighted by Crippen LogP contribution is -2.04. The minimum atomic E-state index is -0.785. The molecule has 1 aliphatic carbocycles. The van der Waals surface area contributed by atoms with Crippen LogP contribution < -0.4 is 0 Å². The average molecular weight is 390 g/mol. The molecular weight excluding hydrogens is 363 g/mol. The SMILES string of the molecule is C[C@@H](CC1CCC(c2cccc(CC(=O)O)c2)C1)c1ccc(F)c2ccccc12. The second-order valence-corrected chi connectivity index (χ2v) is 8.51. The third kappa shape index (κ3) is 4.34. The summed E-state index contributed by atoms with van der Waals surface area (Å²) in [5.41, 5.74) is 3.38. The quantitative estimate of drug-likeness (QED) is 0.509. The van der Waals surface area contributed by atoms with E-state index in [1.807, 2.05) is 42.5 Å². The van der Waals surface area contributed by atoms with Crippen molar-refractivity contribution in [1.82, 2.24) is 0 Å². The van der Waals surface area contributed by atoms with E-state index in [0.29, 0.717) is 23.1 Å². The number of carboxylic acids is 1. The maximum atomic E-state index is 14.1. The van der Waals surface area contributed by atoms with Gasteiger partial charge in [-0.05, 0) is 71.6 Å². The molecule has 1 aliphatic rings. The van der Waals surface area contributed by atoms with Gasteiger partial charge in [-0.15, -0.1) is 0 Å². The van der Waals surface area contributed by atoms with Gasteiger partial charge in [-0.1, -0.05) is 61.5 Å². The van der Waals surface area contributed by atoms with Crippen LogP contribution in [-0.2, 0) is 11.2 Å². The highest BCUT2D eigenvalue weighted by Crippen LogP contribution is 2.43. The van der Waals surface area contributed by atoms with Crippen LogP contribution in [0.3, 0.4) is 0 Å². The summed E-state index contributed by atoms with van der Waals surface area (Å²) in [6, 6.07) is 19.4. The van der Waals surface area contributed by atoms with Crippen LogP contribution in [-0.4, -0.2) is 11.1 Å². The Morgan fingerprint density at radius 1 is 1.07 bits per heavy atom. The van der Waals surface area contributed by atoms with E-state index in [-0.39, 0.29) is 12.2 Å². The third-order valence-corrected chi connectivity index (χ3v) is 6.44. The molecule has 4 rings (SSSR count). The monoisotopic (exact) mass is 390 g/mol. The highest BCUT2D eigenvalue weighted by Gasteiger charge is 2.28. The standard InChI is InChI=1S/C26H27FO2/c1-17(22-11-12-25(27)24-8-3-2-7-23(22)24)13-19-9-10-21(15-19)20-6-4-5-18(14-20)16-26(28)29/h2-8,11-12,14,17,19,21H,9-10,13,15-16H2,1H3,(H,28,29)/t17-,19?,21?/m0/s1. The Kier molecular flexibility index (Phi) is 5.66. The zero-order chi connectivity index (χ0) is 20.4. The molecular formula is C26H27FO2. The Labute approximate surface area is 171 Å². The first kappa shape index (κ1) is 19.6. The number of carboxylic acid groups (broad SMARTS) is 1. The minimum Gasteiger partial charge on any atom is -0.481 e. The van der Waals surface area contributed by atoms with Gasteiger partial charge in [0.2, 0.25) is 0 Å². The summed E-state index contributed by atoms with van der Waals surface area (Å²) in [7, 11) is 0. The molecule has 1 fully saturated rings. The van der Waals surface area contributed by atoms with Gasteiger partial charge in [0.15, 0.2) is 0 Å². The lowest BCUT2D eigenvalue weighted by atomic mass is 9.85. The van der Waals surface area contributed by atoms with Crippen molar-refractivity contribution in [3.05, 3.63) is 83.2 Å². The summed E-state index contributed by atoms with van der Waals surface area (Å²) in [5.74, 6) is 0.584. The Balaban J connectivity index is 1.46. The van der Waals surface area contributed by atoms with Crippen molar-refractivity contribution >= 4 is 16.7 Å². The van der Waals surface area contributed by atoms with Crippen molar-refractivity contribution < 1.29 is 14.3 Å². The van der Waals surface area contributed by atoms with Crippen LogP contribution in [0.4, 0.5) is 4.39 Å². The first-order valence-electron chi connectivity index (χ1n) is 10.5. The molecule has 0 saturated heterocycles. The number of fused-ring (bicyclic) bond motifs is 1. The van der Waals surface area contributed by atoms with Crippen molar-refractivity contribution in [1.29, 1.82) is 0 Å². The van der Waals surface area contributed by atoms with Gasteiger partial charge in [0.25, 0.3) is 0 Å². The molecule has 0 bridgehead atoms. The Bertz CT molecular complexity index is 1030. The summed E-state index contributed by atoms with van der Waals surface area (Å²) in [5, 5.41) is 10.8. The van der Waals surface area contributed by atoms with E-state index in [0.717, 1.165) is 30.2 Å².